The van der Waals surface area contributed by atoms with E-state index in [2.05, 4.69) is 41.3 Å². The van der Waals surface area contributed by atoms with Crippen LogP contribution in [-0.2, 0) is 5.41 Å². The van der Waals surface area contributed by atoms with Gasteiger partial charge in [-0.3, -0.25) is 4.90 Å². The minimum atomic E-state index is -0.0113. The molecule has 0 spiro atoms. The number of likely N-dealkylation sites (N-methyl/N-ethyl adjacent to an activating group) is 2. The molecule has 0 bridgehead atoms. The Hall–Kier alpha value is -0.980. The van der Waals surface area contributed by atoms with Crippen LogP contribution in [0.2, 0.25) is 0 Å². The molecule has 0 saturated carbocycles. The fourth-order valence-corrected chi connectivity index (χ4v) is 3.14. The zero-order valence-corrected chi connectivity index (χ0v) is 12.7. The third-order valence-electron chi connectivity index (χ3n) is 4.70. The SMILES string of the molecule is CN1CCN(C)C(c2noc(C3(C)CCCNC3)n2)C1. The number of nitrogens with one attached hydrogen (secondary N) is 1. The minimum Gasteiger partial charge on any atom is -0.339 e. The molecule has 1 N–H and O–H groups in total. The van der Waals surface area contributed by atoms with Crippen molar-refractivity contribution in [2.45, 2.75) is 31.2 Å². The largest absolute Gasteiger partial charge is 0.339 e. The summed E-state index contributed by atoms with van der Waals surface area (Å²) in [5, 5.41) is 7.69. The number of hydrogen-bond acceptors (Lipinski definition) is 6. The van der Waals surface area contributed by atoms with Crippen molar-refractivity contribution < 1.29 is 4.52 Å². The number of nitrogens with zero attached hydrogens (tertiary/aromatic N) is 4. The molecule has 0 radical (unpaired) electrons. The second kappa shape index (κ2) is 5.42. The van der Waals surface area contributed by atoms with E-state index in [-0.39, 0.29) is 11.5 Å². The van der Waals surface area contributed by atoms with Crippen LogP contribution >= 0.6 is 0 Å². The highest BCUT2D eigenvalue weighted by Crippen LogP contribution is 2.31. The molecule has 0 aromatic carbocycles. The summed E-state index contributed by atoms with van der Waals surface area (Å²) in [5.74, 6) is 1.63. The molecule has 0 amide bonds. The number of piperidine rings is 1. The van der Waals surface area contributed by atoms with E-state index < -0.39 is 0 Å². The summed E-state index contributed by atoms with van der Waals surface area (Å²) in [6.45, 7) is 7.34. The third kappa shape index (κ3) is 2.60. The van der Waals surface area contributed by atoms with Crippen LogP contribution < -0.4 is 5.32 Å². The lowest BCUT2D eigenvalue weighted by atomic mass is 9.83. The van der Waals surface area contributed by atoms with Crippen LogP contribution in [-0.4, -0.2) is 66.8 Å². The van der Waals surface area contributed by atoms with E-state index in [1.165, 1.54) is 6.42 Å². The first kappa shape index (κ1) is 14.0. The van der Waals surface area contributed by atoms with E-state index in [1.54, 1.807) is 0 Å². The fraction of sp³-hybridized carbons (Fsp3) is 0.857. The van der Waals surface area contributed by atoms with Gasteiger partial charge in [-0.05, 0) is 40.4 Å². The van der Waals surface area contributed by atoms with E-state index >= 15 is 0 Å². The van der Waals surface area contributed by atoms with Crippen LogP contribution in [0.25, 0.3) is 0 Å². The number of piperazine rings is 1. The predicted octanol–water partition coefficient (Wildman–Crippen LogP) is 0.629. The normalized spacial score (nSPS) is 33.5. The van der Waals surface area contributed by atoms with Gasteiger partial charge in [0.25, 0.3) is 0 Å². The maximum Gasteiger partial charge on any atom is 0.233 e. The number of aromatic nitrogens is 2. The van der Waals surface area contributed by atoms with Gasteiger partial charge in [-0.25, -0.2) is 0 Å². The van der Waals surface area contributed by atoms with Crippen LogP contribution in [0.15, 0.2) is 4.52 Å². The van der Waals surface area contributed by atoms with Crippen molar-refractivity contribution >= 4 is 0 Å². The summed E-state index contributed by atoms with van der Waals surface area (Å²) in [4.78, 5) is 9.37. The van der Waals surface area contributed by atoms with Crippen molar-refractivity contribution in [2.75, 3.05) is 46.8 Å². The Kier molecular flexibility index (Phi) is 3.79. The molecule has 2 aliphatic heterocycles. The Morgan fingerprint density at radius 1 is 1.35 bits per heavy atom. The Morgan fingerprint density at radius 3 is 2.95 bits per heavy atom. The van der Waals surface area contributed by atoms with E-state index in [0.29, 0.717) is 0 Å². The lowest BCUT2D eigenvalue weighted by Crippen LogP contribution is -2.45. The van der Waals surface area contributed by atoms with Crippen LogP contribution in [0.5, 0.6) is 0 Å². The van der Waals surface area contributed by atoms with Crippen molar-refractivity contribution in [3.05, 3.63) is 11.7 Å². The number of rotatable bonds is 2. The fourth-order valence-electron chi connectivity index (χ4n) is 3.14. The Balaban J connectivity index is 1.79. The quantitative estimate of drug-likeness (QED) is 0.857. The van der Waals surface area contributed by atoms with Gasteiger partial charge in [-0.1, -0.05) is 5.16 Å². The Labute approximate surface area is 120 Å². The highest BCUT2D eigenvalue weighted by Gasteiger charge is 2.36. The van der Waals surface area contributed by atoms with Gasteiger partial charge >= 0.3 is 0 Å². The second-order valence-corrected chi connectivity index (χ2v) is 6.56. The van der Waals surface area contributed by atoms with Gasteiger partial charge in [0.15, 0.2) is 5.82 Å². The third-order valence-corrected chi connectivity index (χ3v) is 4.70. The van der Waals surface area contributed by atoms with Gasteiger partial charge in [0.2, 0.25) is 5.89 Å². The summed E-state index contributed by atoms with van der Waals surface area (Å²) >= 11 is 0. The van der Waals surface area contributed by atoms with Crippen molar-refractivity contribution in [1.82, 2.24) is 25.3 Å². The molecule has 2 fully saturated rings. The smallest absolute Gasteiger partial charge is 0.233 e. The van der Waals surface area contributed by atoms with E-state index in [1.807, 2.05) is 0 Å². The monoisotopic (exact) mass is 279 g/mol. The molecule has 112 valence electrons. The molecule has 2 aliphatic rings. The molecule has 2 unspecified atom stereocenters. The van der Waals surface area contributed by atoms with Crippen molar-refractivity contribution in [3.63, 3.8) is 0 Å². The van der Waals surface area contributed by atoms with Crippen LogP contribution in [0.3, 0.4) is 0 Å². The maximum atomic E-state index is 5.60. The second-order valence-electron chi connectivity index (χ2n) is 6.56. The first-order chi connectivity index (χ1) is 9.58. The molecule has 1 aromatic heterocycles. The zero-order valence-electron chi connectivity index (χ0n) is 12.7. The molecular formula is C14H25N5O. The summed E-state index contributed by atoms with van der Waals surface area (Å²) in [6.07, 6.45) is 2.28. The first-order valence-electron chi connectivity index (χ1n) is 7.52. The summed E-state index contributed by atoms with van der Waals surface area (Å²) in [7, 11) is 4.28. The highest BCUT2D eigenvalue weighted by atomic mass is 16.5. The van der Waals surface area contributed by atoms with Gasteiger partial charge < -0.3 is 14.7 Å². The molecule has 2 atom stereocenters. The average molecular weight is 279 g/mol. The maximum absolute atomic E-state index is 5.60. The molecule has 0 aliphatic carbocycles. The molecule has 3 heterocycles. The van der Waals surface area contributed by atoms with Crippen LogP contribution in [0.1, 0.15) is 37.5 Å². The van der Waals surface area contributed by atoms with Gasteiger partial charge in [-0.15, -0.1) is 0 Å². The Morgan fingerprint density at radius 2 is 2.20 bits per heavy atom. The van der Waals surface area contributed by atoms with E-state index in [0.717, 1.165) is 50.9 Å². The predicted molar refractivity (Wildman–Crippen MR) is 76.6 cm³/mol. The standard InChI is InChI=1S/C14H25N5O/c1-14(5-4-6-15-10-14)13-16-12(17-20-13)11-9-18(2)7-8-19(11)3/h11,15H,4-10H2,1-3H3. The number of hydrogen-bond donors (Lipinski definition) is 1. The highest BCUT2D eigenvalue weighted by molar-refractivity contribution is 5.08. The Bertz CT molecular complexity index is 454. The van der Waals surface area contributed by atoms with Crippen molar-refractivity contribution in [1.29, 1.82) is 0 Å². The topological polar surface area (TPSA) is 57.4 Å². The summed E-state index contributed by atoms with van der Waals surface area (Å²) in [6, 6.07) is 0.242. The molecular weight excluding hydrogens is 254 g/mol. The van der Waals surface area contributed by atoms with Crippen molar-refractivity contribution in [3.8, 4) is 0 Å². The van der Waals surface area contributed by atoms with Gasteiger partial charge in [0.05, 0.1) is 11.5 Å². The van der Waals surface area contributed by atoms with E-state index in [4.69, 9.17) is 9.51 Å². The summed E-state index contributed by atoms with van der Waals surface area (Å²) in [5.41, 5.74) is -0.0113. The van der Waals surface area contributed by atoms with Crippen molar-refractivity contribution in [2.24, 2.45) is 0 Å². The minimum absolute atomic E-state index is 0.0113. The lowest BCUT2D eigenvalue weighted by Gasteiger charge is -2.35. The molecule has 1 aromatic rings. The summed E-state index contributed by atoms with van der Waals surface area (Å²) < 4.78 is 5.60. The van der Waals surface area contributed by atoms with Gasteiger partial charge in [0.1, 0.15) is 0 Å². The molecule has 6 nitrogen and oxygen atoms in total. The first-order valence-corrected chi connectivity index (χ1v) is 7.52. The zero-order chi connectivity index (χ0) is 14.2. The van der Waals surface area contributed by atoms with Crippen LogP contribution in [0.4, 0.5) is 0 Å². The molecule has 20 heavy (non-hydrogen) atoms. The molecule has 6 heteroatoms. The average Bonchev–Trinajstić information content (AvgIpc) is 2.93. The molecule has 3 rings (SSSR count). The van der Waals surface area contributed by atoms with E-state index in [9.17, 15) is 0 Å². The molecule has 2 saturated heterocycles. The van der Waals surface area contributed by atoms with Gasteiger partial charge in [-0.2, -0.15) is 4.98 Å². The lowest BCUT2D eigenvalue weighted by molar-refractivity contribution is 0.108. The van der Waals surface area contributed by atoms with Crippen LogP contribution in [0, 0.1) is 0 Å². The van der Waals surface area contributed by atoms with Gasteiger partial charge in [0, 0.05) is 26.2 Å².